The SMILES string of the molecule is CC/C=C\C/C=C\C/C=C\C/C=C\C/C=C\C/C=C\CCCCC(=O)OCC(COC(=O)CCCC/C=C\C/C=C\C/C=C\C/C=C\CC)OC(=O)CCC/C=C\C/C=C\C/C=C\C/C=C\C/C=C\CC. The molecule has 0 aromatic carbocycles. The molecule has 0 spiro atoms. The zero-order valence-electron chi connectivity index (χ0n) is 44.6. The highest BCUT2D eigenvalue weighted by Gasteiger charge is 2.19. The highest BCUT2D eigenvalue weighted by atomic mass is 16.6. The Morgan fingerprint density at radius 2 is 0.507 bits per heavy atom. The Morgan fingerprint density at radius 1 is 0.282 bits per heavy atom. The van der Waals surface area contributed by atoms with Gasteiger partial charge >= 0.3 is 17.9 Å². The van der Waals surface area contributed by atoms with Crippen LogP contribution in [0.3, 0.4) is 0 Å². The Labute approximate surface area is 434 Å². The van der Waals surface area contributed by atoms with Crippen LogP contribution in [0, 0.1) is 0 Å². The van der Waals surface area contributed by atoms with Crippen LogP contribution in [0.1, 0.15) is 188 Å². The molecular weight excluding hydrogens is 877 g/mol. The minimum atomic E-state index is -0.854. The van der Waals surface area contributed by atoms with Crippen molar-refractivity contribution in [3.05, 3.63) is 182 Å². The molecule has 0 amide bonds. The molecule has 0 aliphatic heterocycles. The first-order valence-corrected chi connectivity index (χ1v) is 27.3. The summed E-state index contributed by atoms with van der Waals surface area (Å²) in [5.74, 6) is -1.10. The monoisotopic (exact) mass is 973 g/mol. The number of allylic oxidation sites excluding steroid dienone is 30. The summed E-state index contributed by atoms with van der Waals surface area (Å²) < 4.78 is 16.7. The van der Waals surface area contributed by atoms with Crippen molar-refractivity contribution in [2.24, 2.45) is 0 Å². The molecule has 1 atom stereocenters. The van der Waals surface area contributed by atoms with E-state index in [1.165, 1.54) is 0 Å². The van der Waals surface area contributed by atoms with E-state index < -0.39 is 12.1 Å². The Kier molecular flexibility index (Phi) is 52.7. The van der Waals surface area contributed by atoms with Crippen molar-refractivity contribution in [1.29, 1.82) is 0 Å². The van der Waals surface area contributed by atoms with Gasteiger partial charge in [0.25, 0.3) is 0 Å². The smallest absolute Gasteiger partial charge is 0.306 e. The molecule has 0 heterocycles. The van der Waals surface area contributed by atoms with Gasteiger partial charge in [0.05, 0.1) is 0 Å². The zero-order valence-corrected chi connectivity index (χ0v) is 44.6. The summed E-state index contributed by atoms with van der Waals surface area (Å²) in [4.78, 5) is 38.1. The topological polar surface area (TPSA) is 78.9 Å². The minimum absolute atomic E-state index is 0.147. The van der Waals surface area contributed by atoms with Crippen LogP contribution >= 0.6 is 0 Å². The van der Waals surface area contributed by atoms with E-state index in [2.05, 4.69) is 203 Å². The molecule has 0 fully saturated rings. The fraction of sp³-hybridized carbons (Fsp3) is 0.492. The second kappa shape index (κ2) is 57.1. The van der Waals surface area contributed by atoms with Gasteiger partial charge in [-0.3, -0.25) is 14.4 Å². The lowest BCUT2D eigenvalue weighted by atomic mass is 10.2. The zero-order chi connectivity index (χ0) is 51.4. The largest absolute Gasteiger partial charge is 0.462 e. The fourth-order valence-corrected chi connectivity index (χ4v) is 6.41. The van der Waals surface area contributed by atoms with Crippen LogP contribution in [0.15, 0.2) is 182 Å². The summed E-state index contributed by atoms with van der Waals surface area (Å²) in [6.07, 6.45) is 86.0. The normalized spacial score (nSPS) is 13.6. The Morgan fingerprint density at radius 3 is 0.775 bits per heavy atom. The summed E-state index contributed by atoms with van der Waals surface area (Å²) in [5.41, 5.74) is 0. The molecule has 0 radical (unpaired) electrons. The van der Waals surface area contributed by atoms with E-state index in [1.54, 1.807) is 0 Å². The number of hydrogen-bond acceptors (Lipinski definition) is 6. The average Bonchev–Trinajstić information content (AvgIpc) is 3.37. The van der Waals surface area contributed by atoms with Gasteiger partial charge in [-0.1, -0.05) is 203 Å². The summed E-state index contributed by atoms with van der Waals surface area (Å²) in [7, 11) is 0. The molecule has 6 nitrogen and oxygen atoms in total. The van der Waals surface area contributed by atoms with Crippen LogP contribution in [-0.4, -0.2) is 37.2 Å². The van der Waals surface area contributed by atoms with Gasteiger partial charge in [-0.25, -0.2) is 0 Å². The second-order valence-corrected chi connectivity index (χ2v) is 17.0. The van der Waals surface area contributed by atoms with Gasteiger partial charge < -0.3 is 14.2 Å². The summed E-state index contributed by atoms with van der Waals surface area (Å²) in [5, 5.41) is 0. The fourth-order valence-electron chi connectivity index (χ4n) is 6.41. The quantitative estimate of drug-likeness (QED) is 0.0262. The van der Waals surface area contributed by atoms with Gasteiger partial charge in [0, 0.05) is 19.3 Å². The van der Waals surface area contributed by atoms with Crippen LogP contribution in [-0.2, 0) is 28.6 Å². The van der Waals surface area contributed by atoms with Crippen LogP contribution < -0.4 is 0 Å². The van der Waals surface area contributed by atoms with Gasteiger partial charge in [0.2, 0.25) is 0 Å². The average molecular weight is 973 g/mol. The molecule has 0 aliphatic carbocycles. The molecule has 71 heavy (non-hydrogen) atoms. The summed E-state index contributed by atoms with van der Waals surface area (Å²) >= 11 is 0. The van der Waals surface area contributed by atoms with E-state index in [1.807, 2.05) is 0 Å². The molecule has 0 saturated heterocycles. The highest BCUT2D eigenvalue weighted by molar-refractivity contribution is 5.71. The van der Waals surface area contributed by atoms with E-state index in [4.69, 9.17) is 14.2 Å². The molecule has 392 valence electrons. The molecule has 6 heteroatoms. The van der Waals surface area contributed by atoms with Crippen LogP contribution in [0.4, 0.5) is 0 Å². The molecule has 0 aliphatic rings. The Balaban J connectivity index is 4.66. The van der Waals surface area contributed by atoms with Crippen molar-refractivity contribution in [3.8, 4) is 0 Å². The first-order valence-electron chi connectivity index (χ1n) is 27.3. The van der Waals surface area contributed by atoms with E-state index in [0.717, 1.165) is 128 Å². The first kappa shape index (κ1) is 65.5. The summed E-state index contributed by atoms with van der Waals surface area (Å²) in [6.45, 7) is 6.14. The molecule has 0 bridgehead atoms. The Hall–Kier alpha value is -5.49. The lowest BCUT2D eigenvalue weighted by molar-refractivity contribution is -0.167. The van der Waals surface area contributed by atoms with Gasteiger partial charge in [0.1, 0.15) is 13.2 Å². The number of carbonyl (C=O) groups is 3. The number of carbonyl (C=O) groups excluding carboxylic acids is 3. The number of unbranched alkanes of at least 4 members (excludes halogenated alkanes) is 5. The predicted molar refractivity (Wildman–Crippen MR) is 306 cm³/mol. The maximum absolute atomic E-state index is 12.8. The third-order valence-electron chi connectivity index (χ3n) is 10.4. The second-order valence-electron chi connectivity index (χ2n) is 17.0. The third-order valence-corrected chi connectivity index (χ3v) is 10.4. The molecule has 0 aromatic rings. The first-order chi connectivity index (χ1) is 35.0. The van der Waals surface area contributed by atoms with Crippen molar-refractivity contribution >= 4 is 17.9 Å². The lowest BCUT2D eigenvalue weighted by Crippen LogP contribution is -2.30. The number of hydrogen-bond donors (Lipinski definition) is 0. The standard InChI is InChI=1S/C65H96O6/c1-4-7-10-13-16-19-22-25-28-30-31-32-33-35-37-40-43-46-49-52-55-58-64(67)70-61-62(60-69-63(66)57-54-51-48-45-42-39-36-27-24-21-18-15-12-9-6-3)71-65(68)59-56-53-50-47-44-41-38-34-29-26-23-20-17-14-11-8-5-2/h7-12,16-21,25-29,31-32,35-38,41-43,45-47,50,62H,4-6,13-15,22-24,30,33-34,39-40,44,48-49,51-61H2,1-3H3/b10-7-,11-8-,12-9-,19-16-,20-17-,21-18-,28-25-,29-26-,32-31-,36-27-,37-35-,41-38-,45-42-,46-43-,50-47-. The van der Waals surface area contributed by atoms with Crippen LogP contribution in [0.5, 0.6) is 0 Å². The van der Waals surface area contributed by atoms with Crippen molar-refractivity contribution in [2.75, 3.05) is 13.2 Å². The minimum Gasteiger partial charge on any atom is -0.462 e. The van der Waals surface area contributed by atoms with Crippen molar-refractivity contribution in [3.63, 3.8) is 0 Å². The van der Waals surface area contributed by atoms with E-state index >= 15 is 0 Å². The molecule has 0 N–H and O–H groups in total. The van der Waals surface area contributed by atoms with Gasteiger partial charge in [-0.05, 0) is 148 Å². The van der Waals surface area contributed by atoms with Crippen molar-refractivity contribution < 1.29 is 28.6 Å². The van der Waals surface area contributed by atoms with Gasteiger partial charge in [-0.15, -0.1) is 0 Å². The number of rotatable bonds is 46. The lowest BCUT2D eigenvalue weighted by Gasteiger charge is -2.18. The third kappa shape index (κ3) is 55.3. The maximum Gasteiger partial charge on any atom is 0.306 e. The highest BCUT2D eigenvalue weighted by Crippen LogP contribution is 2.09. The maximum atomic E-state index is 12.8. The number of ether oxygens (including phenoxy) is 3. The van der Waals surface area contributed by atoms with E-state index in [0.29, 0.717) is 19.3 Å². The predicted octanol–water partition coefficient (Wildman–Crippen LogP) is 18.5. The van der Waals surface area contributed by atoms with Gasteiger partial charge in [0.15, 0.2) is 6.10 Å². The van der Waals surface area contributed by atoms with Crippen molar-refractivity contribution in [2.45, 2.75) is 194 Å². The number of esters is 3. The Bertz CT molecular complexity index is 1730. The molecule has 0 rings (SSSR count). The molecule has 0 saturated carbocycles. The molecule has 1 unspecified atom stereocenters. The molecule has 0 aromatic heterocycles. The van der Waals surface area contributed by atoms with Crippen LogP contribution in [0.25, 0.3) is 0 Å². The van der Waals surface area contributed by atoms with Gasteiger partial charge in [-0.2, -0.15) is 0 Å². The van der Waals surface area contributed by atoms with E-state index in [9.17, 15) is 14.4 Å². The van der Waals surface area contributed by atoms with Crippen molar-refractivity contribution in [1.82, 2.24) is 0 Å². The van der Waals surface area contributed by atoms with Crippen LogP contribution in [0.2, 0.25) is 0 Å². The van der Waals surface area contributed by atoms with E-state index in [-0.39, 0.29) is 44.4 Å². The molecular formula is C65H96O6. The summed E-state index contributed by atoms with van der Waals surface area (Å²) in [6, 6.07) is 0.